The number of hydrogen-bond donors (Lipinski definition) is 2. The van der Waals surface area contributed by atoms with E-state index in [-0.39, 0.29) is 22.6 Å². The molecule has 1 atom stereocenters. The van der Waals surface area contributed by atoms with Crippen molar-refractivity contribution in [1.82, 2.24) is 10.7 Å². The second kappa shape index (κ2) is 11.5. The minimum Gasteiger partial charge on any atom is -0.490 e. The smallest absolute Gasteiger partial charge is 0.262 e. The van der Waals surface area contributed by atoms with E-state index in [0.717, 1.165) is 4.47 Å². The van der Waals surface area contributed by atoms with E-state index in [1.807, 2.05) is 45.9 Å². The van der Waals surface area contributed by atoms with Crippen molar-refractivity contribution in [2.24, 2.45) is 11.0 Å². The van der Waals surface area contributed by atoms with Gasteiger partial charge in [0.2, 0.25) is 0 Å². The van der Waals surface area contributed by atoms with E-state index in [4.69, 9.17) is 27.9 Å². The first-order valence-corrected chi connectivity index (χ1v) is 11.2. The van der Waals surface area contributed by atoms with Gasteiger partial charge in [0.25, 0.3) is 11.8 Å². The molecule has 0 aliphatic heterocycles. The fourth-order valence-corrected chi connectivity index (χ4v) is 3.52. The highest BCUT2D eigenvalue weighted by atomic mass is 79.9. The average molecular weight is 529 g/mol. The topological polar surface area (TPSA) is 79.8 Å². The molecule has 0 bridgehead atoms. The van der Waals surface area contributed by atoms with Crippen LogP contribution >= 0.6 is 39.1 Å². The minimum atomic E-state index is -0.815. The molecule has 0 heterocycles. The first kappa shape index (κ1) is 25.2. The Morgan fingerprint density at radius 2 is 1.81 bits per heavy atom. The lowest BCUT2D eigenvalue weighted by Gasteiger charge is -2.20. The number of nitrogens with zero attached hydrogens (tertiary/aromatic N) is 1. The first-order valence-electron chi connectivity index (χ1n) is 9.63. The van der Waals surface area contributed by atoms with Gasteiger partial charge in [-0.05, 0) is 56.2 Å². The third kappa shape index (κ3) is 7.52. The number of benzene rings is 2. The van der Waals surface area contributed by atoms with Crippen LogP contribution in [0.15, 0.2) is 46.0 Å². The average Bonchev–Trinajstić information content (AvgIpc) is 2.67. The van der Waals surface area contributed by atoms with Gasteiger partial charge in [0.15, 0.2) is 0 Å². The van der Waals surface area contributed by atoms with Crippen LogP contribution in [0.5, 0.6) is 5.75 Å². The molecule has 0 fully saturated rings. The lowest BCUT2D eigenvalue weighted by molar-refractivity contribution is -0.123. The summed E-state index contributed by atoms with van der Waals surface area (Å²) in [5, 5.41) is 7.37. The molecule has 2 N–H and O–H groups in total. The molecule has 9 heteroatoms. The lowest BCUT2D eigenvalue weighted by Crippen LogP contribution is -2.48. The van der Waals surface area contributed by atoms with Crippen molar-refractivity contribution in [3.63, 3.8) is 0 Å². The summed E-state index contributed by atoms with van der Waals surface area (Å²) < 4.78 is 6.61. The van der Waals surface area contributed by atoms with Gasteiger partial charge in [0.1, 0.15) is 11.8 Å². The number of hydrazone groups is 1. The number of hydrogen-bond acceptors (Lipinski definition) is 4. The Bertz CT molecular complexity index is 980. The Morgan fingerprint density at radius 3 is 2.42 bits per heavy atom. The standard InChI is InChI=1S/C22H24BrCl2N3O3/c1-12(2)20(27-21(29)17-7-6-16(24)10-18(17)25)22(30)28-26-11-14-9-15(23)5-8-19(14)31-13(3)4/h5-13,20H,1-4H3,(H,27,29)(H,28,30)/b26-11+. The molecule has 0 radical (unpaired) electrons. The highest BCUT2D eigenvalue weighted by Gasteiger charge is 2.25. The molecule has 0 spiro atoms. The van der Waals surface area contributed by atoms with Gasteiger partial charge in [-0.1, -0.05) is 53.0 Å². The molecular weight excluding hydrogens is 505 g/mol. The predicted octanol–water partition coefficient (Wildman–Crippen LogP) is 5.45. The molecular formula is C22H24BrCl2N3O3. The minimum absolute atomic E-state index is 0.0110. The van der Waals surface area contributed by atoms with Crippen molar-refractivity contribution in [2.75, 3.05) is 0 Å². The number of carbonyl (C=O) groups excluding carboxylic acids is 2. The number of ether oxygens (including phenoxy) is 1. The van der Waals surface area contributed by atoms with Gasteiger partial charge in [-0.3, -0.25) is 9.59 Å². The molecule has 31 heavy (non-hydrogen) atoms. The van der Waals surface area contributed by atoms with E-state index in [9.17, 15) is 9.59 Å². The maximum atomic E-state index is 12.7. The van der Waals surface area contributed by atoms with Crippen LogP contribution in [-0.4, -0.2) is 30.2 Å². The third-order valence-corrected chi connectivity index (χ3v) is 5.17. The molecule has 2 rings (SSSR count). The summed E-state index contributed by atoms with van der Waals surface area (Å²) in [6, 6.07) is 9.24. The largest absolute Gasteiger partial charge is 0.490 e. The fraction of sp³-hybridized carbons (Fsp3) is 0.318. The fourth-order valence-electron chi connectivity index (χ4n) is 2.64. The van der Waals surface area contributed by atoms with Crippen molar-refractivity contribution in [1.29, 1.82) is 0 Å². The molecule has 6 nitrogen and oxygen atoms in total. The van der Waals surface area contributed by atoms with Crippen LogP contribution in [0.3, 0.4) is 0 Å². The van der Waals surface area contributed by atoms with Crippen LogP contribution in [-0.2, 0) is 4.79 Å². The second-order valence-electron chi connectivity index (χ2n) is 7.40. The monoisotopic (exact) mass is 527 g/mol. The van der Waals surface area contributed by atoms with Gasteiger partial charge in [0, 0.05) is 15.1 Å². The summed E-state index contributed by atoms with van der Waals surface area (Å²) in [4.78, 5) is 25.3. The molecule has 0 aliphatic carbocycles. The van der Waals surface area contributed by atoms with Gasteiger partial charge in [0.05, 0.1) is 22.9 Å². The number of carbonyl (C=O) groups is 2. The zero-order valence-electron chi connectivity index (χ0n) is 17.6. The number of halogens is 3. The Morgan fingerprint density at radius 1 is 1.10 bits per heavy atom. The molecule has 1 unspecified atom stereocenters. The van der Waals surface area contributed by atoms with Gasteiger partial charge in [-0.15, -0.1) is 0 Å². The maximum Gasteiger partial charge on any atom is 0.262 e. The SMILES string of the molecule is CC(C)Oc1ccc(Br)cc1/C=N/NC(=O)C(NC(=O)c1ccc(Cl)cc1Cl)C(C)C. The number of rotatable bonds is 8. The van der Waals surface area contributed by atoms with Gasteiger partial charge < -0.3 is 10.1 Å². The molecule has 0 saturated heterocycles. The molecule has 0 aliphatic rings. The molecule has 2 aromatic carbocycles. The van der Waals surface area contributed by atoms with Crippen molar-refractivity contribution in [3.05, 3.63) is 62.0 Å². The molecule has 0 saturated carbocycles. The van der Waals surface area contributed by atoms with Crippen LogP contribution in [0.2, 0.25) is 10.0 Å². The lowest BCUT2D eigenvalue weighted by atomic mass is 10.0. The van der Waals surface area contributed by atoms with Gasteiger partial charge in [-0.2, -0.15) is 5.10 Å². The maximum absolute atomic E-state index is 12.7. The van der Waals surface area contributed by atoms with E-state index in [2.05, 4.69) is 31.8 Å². The number of amides is 2. The first-order chi connectivity index (χ1) is 14.6. The zero-order chi connectivity index (χ0) is 23.1. The Balaban J connectivity index is 2.11. The van der Waals surface area contributed by atoms with Crippen LogP contribution < -0.4 is 15.5 Å². The highest BCUT2D eigenvalue weighted by Crippen LogP contribution is 2.23. The van der Waals surface area contributed by atoms with E-state index in [1.54, 1.807) is 6.07 Å². The predicted molar refractivity (Wildman–Crippen MR) is 128 cm³/mol. The van der Waals surface area contributed by atoms with Crippen LogP contribution in [0.1, 0.15) is 43.6 Å². The van der Waals surface area contributed by atoms with Gasteiger partial charge in [-0.25, -0.2) is 5.43 Å². The Hall–Kier alpha value is -2.09. The quantitative estimate of drug-likeness (QED) is 0.353. The molecule has 166 valence electrons. The number of nitrogens with one attached hydrogen (secondary N) is 2. The van der Waals surface area contributed by atoms with Crippen molar-refractivity contribution in [3.8, 4) is 5.75 Å². The van der Waals surface area contributed by atoms with Crippen molar-refractivity contribution in [2.45, 2.75) is 39.8 Å². The van der Waals surface area contributed by atoms with Crippen LogP contribution in [0.4, 0.5) is 0 Å². The molecule has 0 aromatic heterocycles. The Labute approximate surface area is 200 Å². The third-order valence-electron chi connectivity index (χ3n) is 4.12. The van der Waals surface area contributed by atoms with Crippen molar-refractivity contribution >= 4 is 57.2 Å². The second-order valence-corrected chi connectivity index (χ2v) is 9.16. The summed E-state index contributed by atoms with van der Waals surface area (Å²) in [7, 11) is 0. The summed E-state index contributed by atoms with van der Waals surface area (Å²) in [5.41, 5.74) is 3.41. The summed E-state index contributed by atoms with van der Waals surface area (Å²) in [6.45, 7) is 7.49. The summed E-state index contributed by atoms with van der Waals surface area (Å²) in [6.07, 6.45) is 1.48. The van der Waals surface area contributed by atoms with Crippen molar-refractivity contribution < 1.29 is 14.3 Å². The van der Waals surface area contributed by atoms with Crippen LogP contribution in [0.25, 0.3) is 0 Å². The normalized spacial score (nSPS) is 12.3. The van der Waals surface area contributed by atoms with Crippen LogP contribution in [0, 0.1) is 5.92 Å². The van der Waals surface area contributed by atoms with E-state index < -0.39 is 17.9 Å². The Kier molecular flexibility index (Phi) is 9.34. The molecule has 2 amide bonds. The summed E-state index contributed by atoms with van der Waals surface area (Å²) in [5.74, 6) is -0.469. The zero-order valence-corrected chi connectivity index (χ0v) is 20.7. The van der Waals surface area contributed by atoms with E-state index in [0.29, 0.717) is 16.3 Å². The van der Waals surface area contributed by atoms with Gasteiger partial charge >= 0.3 is 0 Å². The van der Waals surface area contributed by atoms with E-state index in [1.165, 1.54) is 18.3 Å². The highest BCUT2D eigenvalue weighted by molar-refractivity contribution is 9.10. The van der Waals surface area contributed by atoms with E-state index >= 15 is 0 Å². The molecule has 2 aromatic rings. The summed E-state index contributed by atoms with van der Waals surface area (Å²) >= 11 is 15.4.